The van der Waals surface area contributed by atoms with Gasteiger partial charge in [-0.3, -0.25) is 9.79 Å². The maximum atomic E-state index is 12.7. The van der Waals surface area contributed by atoms with E-state index in [2.05, 4.69) is 25.7 Å². The molecular formula is C23H29F2IN4O3. The number of guanidine groups is 1. The third-order valence-corrected chi connectivity index (χ3v) is 4.77. The summed E-state index contributed by atoms with van der Waals surface area (Å²) in [6.07, 6.45) is 2.07. The van der Waals surface area contributed by atoms with E-state index in [0.29, 0.717) is 29.9 Å². The van der Waals surface area contributed by atoms with Crippen LogP contribution in [0.5, 0.6) is 11.5 Å². The predicted octanol–water partition coefficient (Wildman–Crippen LogP) is 3.74. The number of aliphatic imine (C=N–C) groups is 1. The van der Waals surface area contributed by atoms with Crippen LogP contribution in [0.15, 0.2) is 47.5 Å². The topological polar surface area (TPSA) is 84.0 Å². The number of hydrogen-bond donors (Lipinski definition) is 3. The van der Waals surface area contributed by atoms with Crippen molar-refractivity contribution >= 4 is 35.8 Å². The van der Waals surface area contributed by atoms with Gasteiger partial charge in [0.2, 0.25) is 0 Å². The Morgan fingerprint density at radius 3 is 2.61 bits per heavy atom. The molecule has 0 atom stereocenters. The van der Waals surface area contributed by atoms with E-state index >= 15 is 0 Å². The predicted molar refractivity (Wildman–Crippen MR) is 133 cm³/mol. The molecule has 3 N–H and O–H groups in total. The van der Waals surface area contributed by atoms with Gasteiger partial charge in [0.05, 0.1) is 0 Å². The zero-order chi connectivity index (χ0) is 22.9. The fourth-order valence-electron chi connectivity index (χ4n) is 3.03. The Bertz CT molecular complexity index is 955. The van der Waals surface area contributed by atoms with Gasteiger partial charge in [-0.2, -0.15) is 8.78 Å². The van der Waals surface area contributed by atoms with Gasteiger partial charge in [-0.25, -0.2) is 0 Å². The lowest BCUT2D eigenvalue weighted by atomic mass is 10.1. The Labute approximate surface area is 209 Å². The van der Waals surface area contributed by atoms with Gasteiger partial charge in [0.25, 0.3) is 5.91 Å². The number of halogens is 3. The van der Waals surface area contributed by atoms with Crippen molar-refractivity contribution in [3.05, 3.63) is 59.2 Å². The van der Waals surface area contributed by atoms with E-state index in [0.717, 1.165) is 24.0 Å². The van der Waals surface area contributed by atoms with Crippen molar-refractivity contribution in [2.45, 2.75) is 45.5 Å². The van der Waals surface area contributed by atoms with Crippen molar-refractivity contribution in [3.63, 3.8) is 0 Å². The van der Waals surface area contributed by atoms with E-state index < -0.39 is 6.61 Å². The highest BCUT2D eigenvalue weighted by molar-refractivity contribution is 14.0. The normalized spacial score (nSPS) is 13.2. The van der Waals surface area contributed by atoms with Crippen LogP contribution in [0.3, 0.4) is 0 Å². The minimum absolute atomic E-state index is 0. The summed E-state index contributed by atoms with van der Waals surface area (Å²) in [5.74, 6) is 1.12. The number of nitrogens with one attached hydrogen (secondary N) is 3. The molecule has 2 aromatic carbocycles. The van der Waals surface area contributed by atoms with Crippen molar-refractivity contribution in [3.8, 4) is 11.5 Å². The fraction of sp³-hybridized carbons (Fsp3) is 0.391. The number of alkyl halides is 2. The number of nitrogens with zero attached hydrogens (tertiary/aromatic N) is 1. The van der Waals surface area contributed by atoms with E-state index in [9.17, 15) is 13.6 Å². The lowest BCUT2D eigenvalue weighted by Gasteiger charge is -2.15. The number of amides is 1. The molecule has 7 nitrogen and oxygen atoms in total. The summed E-state index contributed by atoms with van der Waals surface area (Å²) < 4.78 is 35.5. The molecule has 0 spiro atoms. The second kappa shape index (κ2) is 13.2. The summed E-state index contributed by atoms with van der Waals surface area (Å²) in [5.41, 5.74) is 2.48. The molecular weight excluding hydrogens is 545 g/mol. The summed E-state index contributed by atoms with van der Waals surface area (Å²) in [5, 5.41) is 9.16. The van der Waals surface area contributed by atoms with E-state index in [-0.39, 0.29) is 48.8 Å². The molecule has 0 radical (unpaired) electrons. The van der Waals surface area contributed by atoms with Gasteiger partial charge in [-0.15, -0.1) is 24.0 Å². The lowest BCUT2D eigenvalue weighted by molar-refractivity contribution is -0.123. The van der Waals surface area contributed by atoms with Crippen LogP contribution in [-0.4, -0.2) is 38.2 Å². The standard InChI is InChI=1S/C23H28F2N4O3.HI/c1-15-6-9-20(32-22(24)25)17(10-15)13-28-23(26-2)27-12-16-4-3-5-19(11-16)31-14-21(30)29-18-7-8-18;/h3-6,9-11,18,22H,7-8,12-14H2,1-2H3,(H,29,30)(H2,26,27,28);1H. The zero-order valence-electron chi connectivity index (χ0n) is 18.6. The van der Waals surface area contributed by atoms with Gasteiger partial charge in [0.1, 0.15) is 11.5 Å². The second-order valence-corrected chi connectivity index (χ2v) is 7.55. The first kappa shape index (κ1) is 26.6. The van der Waals surface area contributed by atoms with Crippen molar-refractivity contribution in [1.29, 1.82) is 0 Å². The number of hydrogen-bond acceptors (Lipinski definition) is 4. The Balaban J connectivity index is 0.00000385. The van der Waals surface area contributed by atoms with Crippen LogP contribution < -0.4 is 25.4 Å². The van der Waals surface area contributed by atoms with Crippen LogP contribution in [0.25, 0.3) is 0 Å². The Hall–Kier alpha value is -2.63. The first-order valence-electron chi connectivity index (χ1n) is 10.4. The monoisotopic (exact) mass is 574 g/mol. The molecule has 0 unspecified atom stereocenters. The van der Waals surface area contributed by atoms with Crippen molar-refractivity contribution in [2.24, 2.45) is 4.99 Å². The van der Waals surface area contributed by atoms with E-state index in [1.165, 1.54) is 6.07 Å². The maximum Gasteiger partial charge on any atom is 0.387 e. The molecule has 1 saturated carbocycles. The summed E-state index contributed by atoms with van der Waals surface area (Å²) in [7, 11) is 1.63. The minimum atomic E-state index is -2.89. The highest BCUT2D eigenvalue weighted by atomic mass is 127. The van der Waals surface area contributed by atoms with Gasteiger partial charge in [0.15, 0.2) is 12.6 Å². The number of ether oxygens (including phenoxy) is 2. The third-order valence-electron chi connectivity index (χ3n) is 4.77. The molecule has 3 rings (SSSR count). The van der Waals surface area contributed by atoms with Gasteiger partial charge < -0.3 is 25.4 Å². The smallest absolute Gasteiger partial charge is 0.387 e. The van der Waals surface area contributed by atoms with Gasteiger partial charge in [-0.05, 0) is 43.5 Å². The molecule has 0 aromatic heterocycles. The third kappa shape index (κ3) is 9.40. The quantitative estimate of drug-likeness (QED) is 0.229. The van der Waals surface area contributed by atoms with Crippen molar-refractivity contribution in [2.75, 3.05) is 13.7 Å². The largest absolute Gasteiger partial charge is 0.484 e. The fourth-order valence-corrected chi connectivity index (χ4v) is 3.03. The molecule has 1 aliphatic carbocycles. The highest BCUT2D eigenvalue weighted by Gasteiger charge is 2.23. The molecule has 1 aliphatic rings. The number of aryl methyl sites for hydroxylation is 1. The number of benzene rings is 2. The van der Waals surface area contributed by atoms with Crippen molar-refractivity contribution in [1.82, 2.24) is 16.0 Å². The van der Waals surface area contributed by atoms with Crippen molar-refractivity contribution < 1.29 is 23.0 Å². The van der Waals surface area contributed by atoms with Crippen LogP contribution in [-0.2, 0) is 17.9 Å². The van der Waals surface area contributed by atoms with Crippen LogP contribution in [0.1, 0.15) is 29.5 Å². The first-order chi connectivity index (χ1) is 15.4. The first-order valence-corrected chi connectivity index (χ1v) is 10.4. The molecule has 10 heteroatoms. The zero-order valence-corrected chi connectivity index (χ0v) is 20.9. The molecule has 180 valence electrons. The SMILES string of the molecule is CN=C(NCc1cccc(OCC(=O)NC2CC2)c1)NCc1cc(C)ccc1OC(F)F.I. The van der Waals surface area contributed by atoms with Crippen LogP contribution in [0, 0.1) is 6.92 Å². The Kier molecular flexibility index (Phi) is 10.6. The van der Waals surface area contributed by atoms with Crippen LogP contribution in [0.4, 0.5) is 8.78 Å². The Morgan fingerprint density at radius 1 is 1.15 bits per heavy atom. The highest BCUT2D eigenvalue weighted by Crippen LogP contribution is 2.22. The molecule has 0 bridgehead atoms. The minimum Gasteiger partial charge on any atom is -0.484 e. The second-order valence-electron chi connectivity index (χ2n) is 7.55. The average Bonchev–Trinajstić information content (AvgIpc) is 3.58. The van der Waals surface area contributed by atoms with Gasteiger partial charge in [0, 0.05) is 31.7 Å². The van der Waals surface area contributed by atoms with Gasteiger partial charge >= 0.3 is 6.61 Å². The summed E-state index contributed by atoms with van der Waals surface area (Å²) in [4.78, 5) is 15.9. The van der Waals surface area contributed by atoms with E-state index in [4.69, 9.17) is 4.74 Å². The summed E-state index contributed by atoms with van der Waals surface area (Å²) in [6.45, 7) is -0.297. The van der Waals surface area contributed by atoms with E-state index in [1.807, 2.05) is 25.1 Å². The molecule has 1 fully saturated rings. The van der Waals surface area contributed by atoms with Gasteiger partial charge in [-0.1, -0.05) is 29.8 Å². The molecule has 2 aromatic rings. The summed E-state index contributed by atoms with van der Waals surface area (Å²) >= 11 is 0. The summed E-state index contributed by atoms with van der Waals surface area (Å²) in [6, 6.07) is 12.8. The number of carbonyl (C=O) groups excluding carboxylic acids is 1. The Morgan fingerprint density at radius 2 is 1.91 bits per heavy atom. The molecule has 1 amide bonds. The number of carbonyl (C=O) groups is 1. The number of rotatable bonds is 10. The average molecular weight is 574 g/mol. The van der Waals surface area contributed by atoms with Crippen LogP contribution >= 0.6 is 24.0 Å². The molecule has 0 aliphatic heterocycles. The lowest BCUT2D eigenvalue weighted by Crippen LogP contribution is -2.36. The molecule has 33 heavy (non-hydrogen) atoms. The maximum absolute atomic E-state index is 12.7. The van der Waals surface area contributed by atoms with E-state index in [1.54, 1.807) is 25.2 Å². The molecule has 0 saturated heterocycles. The van der Waals surface area contributed by atoms with Crippen LogP contribution in [0.2, 0.25) is 0 Å². The molecule has 0 heterocycles.